The molecule has 0 rings (SSSR count). The molecule has 31 heavy (non-hydrogen) atoms. The fraction of sp³-hybridized carbons (Fsp3) is 0.895. The summed E-state index contributed by atoms with van der Waals surface area (Å²) in [5, 5.41) is 2.81. The summed E-state index contributed by atoms with van der Waals surface area (Å²) in [4.78, 5) is 44.8. The molecule has 1 unspecified atom stereocenters. The lowest BCUT2D eigenvalue weighted by atomic mass is 10.1. The van der Waals surface area contributed by atoms with Crippen molar-refractivity contribution in [2.75, 3.05) is 87.1 Å². The van der Waals surface area contributed by atoms with Crippen molar-refractivity contribution in [1.82, 2.24) is 10.2 Å². The van der Waals surface area contributed by atoms with E-state index in [4.69, 9.17) is 34.6 Å². The van der Waals surface area contributed by atoms with Gasteiger partial charge in [-0.05, 0) is 12.8 Å². The average molecular weight is 454 g/mol. The minimum absolute atomic E-state index is 0.0112. The molecule has 0 radical (unpaired) electrons. The molecule has 3 N–H and O–H groups in total. The molecule has 0 aliphatic rings. The Morgan fingerprint density at radius 2 is 1.71 bits per heavy atom. The van der Waals surface area contributed by atoms with E-state index in [-0.39, 0.29) is 44.3 Å². The van der Waals surface area contributed by atoms with E-state index in [1.807, 2.05) is 4.90 Å². The van der Waals surface area contributed by atoms with Crippen LogP contribution in [0.5, 0.6) is 0 Å². The number of amides is 1. The normalized spacial score (nSPS) is 12.2. The van der Waals surface area contributed by atoms with E-state index in [1.54, 1.807) is 0 Å². The lowest BCUT2D eigenvalue weighted by Gasteiger charge is -2.30. The van der Waals surface area contributed by atoms with Crippen molar-refractivity contribution in [2.45, 2.75) is 25.3 Å². The summed E-state index contributed by atoms with van der Waals surface area (Å²) in [6, 6.07) is -0.105. The molecular weight excluding hydrogens is 414 g/mol. The predicted octanol–water partition coefficient (Wildman–Crippen LogP) is -0.736. The maximum Gasteiger partial charge on any atom is 0.319 e. The molecule has 184 valence electrons. The Labute approximate surface area is 184 Å². The maximum absolute atomic E-state index is 11.8. The van der Waals surface area contributed by atoms with Gasteiger partial charge in [0.15, 0.2) is 0 Å². The number of nitrogens with one attached hydrogen (secondary N) is 1. The standard InChI is InChI=1S/C19H39N3O9/c1-25-19(24)14-22(9-11-30-26-2)17(15-31-27-3)6-4-5-8-21-18(23)16-29-13-12-28-10-7-20/h17H,4-16,20H2,1-3H3,(H,21,23). The number of nitrogens with zero attached hydrogens (tertiary/aromatic N) is 1. The molecule has 0 heterocycles. The molecular formula is C19H39N3O9. The molecule has 0 aromatic carbocycles. The van der Waals surface area contributed by atoms with E-state index in [9.17, 15) is 9.59 Å². The van der Waals surface area contributed by atoms with Crippen molar-refractivity contribution in [3.63, 3.8) is 0 Å². The van der Waals surface area contributed by atoms with Gasteiger partial charge in [-0.25, -0.2) is 19.6 Å². The Hall–Kier alpha value is -1.38. The maximum atomic E-state index is 11.8. The second-order valence-electron chi connectivity index (χ2n) is 6.44. The second-order valence-corrected chi connectivity index (χ2v) is 6.44. The first-order valence-corrected chi connectivity index (χ1v) is 10.3. The largest absolute Gasteiger partial charge is 0.468 e. The average Bonchev–Trinajstić information content (AvgIpc) is 2.77. The quantitative estimate of drug-likeness (QED) is 0.0927. The molecule has 0 bridgehead atoms. The Balaban J connectivity index is 4.25. The van der Waals surface area contributed by atoms with Gasteiger partial charge in [-0.2, -0.15) is 0 Å². The summed E-state index contributed by atoms with van der Waals surface area (Å²) in [6.07, 6.45) is 2.28. The number of carbonyl (C=O) groups is 2. The van der Waals surface area contributed by atoms with Gasteiger partial charge in [-0.1, -0.05) is 6.42 Å². The van der Waals surface area contributed by atoms with Crippen molar-refractivity contribution < 1.29 is 43.3 Å². The highest BCUT2D eigenvalue weighted by Crippen LogP contribution is 2.10. The first-order chi connectivity index (χ1) is 15.1. The van der Waals surface area contributed by atoms with E-state index < -0.39 is 0 Å². The number of carbonyl (C=O) groups excluding carboxylic acids is 2. The van der Waals surface area contributed by atoms with E-state index in [0.29, 0.717) is 39.5 Å². The Bertz CT molecular complexity index is 444. The summed E-state index contributed by atoms with van der Waals surface area (Å²) in [7, 11) is 4.19. The van der Waals surface area contributed by atoms with Crippen LogP contribution in [0.2, 0.25) is 0 Å². The van der Waals surface area contributed by atoms with Crippen LogP contribution >= 0.6 is 0 Å². The van der Waals surface area contributed by atoms with Crippen LogP contribution in [0, 0.1) is 0 Å². The zero-order valence-corrected chi connectivity index (χ0v) is 19.0. The van der Waals surface area contributed by atoms with Crippen LogP contribution in [0.15, 0.2) is 0 Å². The number of methoxy groups -OCH3 is 1. The third-order valence-corrected chi connectivity index (χ3v) is 4.19. The molecule has 0 saturated heterocycles. The van der Waals surface area contributed by atoms with Crippen LogP contribution < -0.4 is 11.1 Å². The van der Waals surface area contributed by atoms with Gasteiger partial charge >= 0.3 is 5.97 Å². The molecule has 0 aliphatic carbocycles. The van der Waals surface area contributed by atoms with Gasteiger partial charge in [-0.15, -0.1) is 0 Å². The number of unbranched alkanes of at least 4 members (excludes halogenated alkanes) is 1. The Morgan fingerprint density at radius 3 is 2.39 bits per heavy atom. The van der Waals surface area contributed by atoms with Gasteiger partial charge < -0.3 is 25.3 Å². The van der Waals surface area contributed by atoms with E-state index in [2.05, 4.69) is 10.2 Å². The SMILES string of the molecule is COOCCN(CC(=O)OC)C(CCCCNC(=O)COCCOCCN)COOC. The smallest absolute Gasteiger partial charge is 0.319 e. The van der Waals surface area contributed by atoms with E-state index in [1.165, 1.54) is 21.3 Å². The first kappa shape index (κ1) is 29.6. The third-order valence-electron chi connectivity index (χ3n) is 4.19. The van der Waals surface area contributed by atoms with Crippen LogP contribution in [0.4, 0.5) is 0 Å². The van der Waals surface area contributed by atoms with Crippen LogP contribution in [-0.4, -0.2) is 110 Å². The number of nitrogens with two attached hydrogens (primary N) is 1. The zero-order valence-electron chi connectivity index (χ0n) is 19.0. The molecule has 0 aromatic heterocycles. The van der Waals surface area contributed by atoms with Crippen LogP contribution in [0.25, 0.3) is 0 Å². The molecule has 0 aromatic rings. The predicted molar refractivity (Wildman–Crippen MR) is 111 cm³/mol. The first-order valence-electron chi connectivity index (χ1n) is 10.3. The summed E-state index contributed by atoms with van der Waals surface area (Å²) in [5.74, 6) is -0.539. The lowest BCUT2D eigenvalue weighted by Crippen LogP contribution is -2.44. The molecule has 0 fully saturated rings. The molecule has 0 saturated carbocycles. The zero-order chi connectivity index (χ0) is 23.2. The fourth-order valence-corrected chi connectivity index (χ4v) is 2.63. The topological polar surface area (TPSA) is 140 Å². The molecule has 12 heteroatoms. The number of esters is 1. The van der Waals surface area contributed by atoms with Gasteiger partial charge in [0.25, 0.3) is 0 Å². The number of hydrogen-bond donors (Lipinski definition) is 2. The Kier molecular flexibility index (Phi) is 20.9. The third kappa shape index (κ3) is 17.9. The van der Waals surface area contributed by atoms with Gasteiger partial charge in [0, 0.05) is 25.7 Å². The second kappa shape index (κ2) is 21.8. The minimum Gasteiger partial charge on any atom is -0.468 e. The molecule has 12 nitrogen and oxygen atoms in total. The highest BCUT2D eigenvalue weighted by molar-refractivity contribution is 5.77. The minimum atomic E-state index is -0.361. The van der Waals surface area contributed by atoms with Crippen LogP contribution in [0.3, 0.4) is 0 Å². The summed E-state index contributed by atoms with van der Waals surface area (Å²) in [6.45, 7) is 3.29. The number of hydrogen-bond acceptors (Lipinski definition) is 11. The van der Waals surface area contributed by atoms with Crippen molar-refractivity contribution in [2.24, 2.45) is 5.73 Å². The van der Waals surface area contributed by atoms with Crippen LogP contribution in [-0.2, 0) is 43.3 Å². The van der Waals surface area contributed by atoms with E-state index in [0.717, 1.165) is 19.3 Å². The van der Waals surface area contributed by atoms with Gasteiger partial charge in [-0.3, -0.25) is 14.5 Å². The highest BCUT2D eigenvalue weighted by atomic mass is 17.2. The summed E-state index contributed by atoms with van der Waals surface area (Å²) >= 11 is 0. The van der Waals surface area contributed by atoms with Gasteiger partial charge in [0.1, 0.15) is 6.61 Å². The van der Waals surface area contributed by atoms with Crippen molar-refractivity contribution in [1.29, 1.82) is 0 Å². The summed E-state index contributed by atoms with van der Waals surface area (Å²) in [5.41, 5.74) is 5.31. The summed E-state index contributed by atoms with van der Waals surface area (Å²) < 4.78 is 15.2. The molecule has 1 amide bonds. The molecule has 0 aliphatic heterocycles. The van der Waals surface area contributed by atoms with Crippen LogP contribution in [0.1, 0.15) is 19.3 Å². The van der Waals surface area contributed by atoms with Gasteiger partial charge in [0.2, 0.25) is 5.91 Å². The monoisotopic (exact) mass is 453 g/mol. The molecule has 1 atom stereocenters. The van der Waals surface area contributed by atoms with Crippen molar-refractivity contribution >= 4 is 11.9 Å². The molecule has 0 spiro atoms. The lowest BCUT2D eigenvalue weighted by molar-refractivity contribution is -0.286. The fourth-order valence-electron chi connectivity index (χ4n) is 2.63. The van der Waals surface area contributed by atoms with Crippen molar-refractivity contribution in [3.8, 4) is 0 Å². The highest BCUT2D eigenvalue weighted by Gasteiger charge is 2.22. The Morgan fingerprint density at radius 1 is 0.968 bits per heavy atom. The van der Waals surface area contributed by atoms with Crippen molar-refractivity contribution in [3.05, 3.63) is 0 Å². The number of ether oxygens (including phenoxy) is 3. The number of rotatable bonds is 22. The van der Waals surface area contributed by atoms with E-state index >= 15 is 0 Å². The van der Waals surface area contributed by atoms with Gasteiger partial charge in [0.05, 0.1) is 60.9 Å².